The van der Waals surface area contributed by atoms with E-state index in [0.717, 1.165) is 12.3 Å². The minimum absolute atomic E-state index is 0.523. The molecule has 0 aromatic carbocycles. The van der Waals surface area contributed by atoms with Crippen LogP contribution in [0.15, 0.2) is 0 Å². The molecule has 2 aliphatic rings. The fourth-order valence-electron chi connectivity index (χ4n) is 1.85. The van der Waals surface area contributed by atoms with Crippen LogP contribution in [-0.4, -0.2) is 5.78 Å². The first-order chi connectivity index (χ1) is 3.88. The highest BCUT2D eigenvalue weighted by Gasteiger charge is 2.40. The molecule has 0 heterocycles. The molecular formula is C7H10O. The van der Waals surface area contributed by atoms with Gasteiger partial charge in [-0.2, -0.15) is 0 Å². The number of fused-ring (bicyclic) bond motifs is 1. The summed E-state index contributed by atoms with van der Waals surface area (Å²) in [5.41, 5.74) is 0. The maximum Gasteiger partial charge on any atom is 0.136 e. The Balaban J connectivity index is 2.15. The molecule has 0 N–H and O–H groups in total. The summed E-state index contributed by atoms with van der Waals surface area (Å²) >= 11 is 0. The third-order valence-corrected chi connectivity index (χ3v) is 2.59. The summed E-state index contributed by atoms with van der Waals surface area (Å²) in [7, 11) is 0. The predicted octanol–water partition coefficient (Wildman–Crippen LogP) is 1.38. The largest absolute Gasteiger partial charge is 0.299 e. The van der Waals surface area contributed by atoms with Crippen LogP contribution in [0, 0.1) is 11.8 Å². The van der Waals surface area contributed by atoms with Gasteiger partial charge in [-0.3, -0.25) is 4.79 Å². The van der Waals surface area contributed by atoms with Gasteiger partial charge in [0.1, 0.15) is 5.78 Å². The van der Waals surface area contributed by atoms with E-state index in [0.29, 0.717) is 11.7 Å². The fraction of sp³-hybridized carbons (Fsp3) is 0.857. The van der Waals surface area contributed by atoms with Crippen LogP contribution < -0.4 is 0 Å². The van der Waals surface area contributed by atoms with Gasteiger partial charge >= 0.3 is 0 Å². The van der Waals surface area contributed by atoms with Crippen LogP contribution >= 0.6 is 0 Å². The lowest BCUT2D eigenvalue weighted by Crippen LogP contribution is -2.24. The molecule has 2 saturated carbocycles. The normalized spacial score (nSPS) is 43.8. The maximum atomic E-state index is 10.8. The van der Waals surface area contributed by atoms with E-state index in [-0.39, 0.29) is 0 Å². The zero-order valence-corrected chi connectivity index (χ0v) is 4.89. The molecule has 1 nitrogen and oxygen atoms in total. The third kappa shape index (κ3) is 0.396. The van der Waals surface area contributed by atoms with E-state index >= 15 is 0 Å². The van der Waals surface area contributed by atoms with E-state index in [9.17, 15) is 4.79 Å². The molecule has 0 amide bonds. The van der Waals surface area contributed by atoms with Crippen LogP contribution in [0.1, 0.15) is 25.7 Å². The van der Waals surface area contributed by atoms with Crippen molar-refractivity contribution in [3.05, 3.63) is 0 Å². The molecule has 0 spiro atoms. The van der Waals surface area contributed by atoms with Crippen LogP contribution in [0.5, 0.6) is 0 Å². The number of hydrogen-bond donors (Lipinski definition) is 0. The summed E-state index contributed by atoms with van der Waals surface area (Å²) < 4.78 is 0. The zero-order chi connectivity index (χ0) is 5.56. The zero-order valence-electron chi connectivity index (χ0n) is 4.89. The summed E-state index contributed by atoms with van der Waals surface area (Å²) in [6, 6.07) is 0. The van der Waals surface area contributed by atoms with Crippen molar-refractivity contribution >= 4 is 5.78 Å². The van der Waals surface area contributed by atoms with E-state index in [1.54, 1.807) is 0 Å². The van der Waals surface area contributed by atoms with Gasteiger partial charge < -0.3 is 0 Å². The molecule has 0 saturated heterocycles. The molecule has 1 heteroatoms. The number of rotatable bonds is 0. The molecule has 2 fully saturated rings. The Morgan fingerprint density at radius 3 is 2.38 bits per heavy atom. The fourth-order valence-corrected chi connectivity index (χ4v) is 1.85. The molecular weight excluding hydrogens is 100 g/mol. The van der Waals surface area contributed by atoms with Crippen LogP contribution in [0.4, 0.5) is 0 Å². The van der Waals surface area contributed by atoms with Crippen molar-refractivity contribution in [2.45, 2.75) is 25.7 Å². The number of carbonyl (C=O) groups excluding carboxylic acids is 1. The van der Waals surface area contributed by atoms with E-state index in [4.69, 9.17) is 0 Å². The lowest BCUT2D eigenvalue weighted by molar-refractivity contribution is -0.123. The van der Waals surface area contributed by atoms with Gasteiger partial charge in [0.25, 0.3) is 0 Å². The number of carbonyl (C=O) groups is 1. The lowest BCUT2D eigenvalue weighted by atomic mass is 9.76. The Morgan fingerprint density at radius 1 is 1.25 bits per heavy atom. The smallest absolute Gasteiger partial charge is 0.136 e. The minimum atomic E-state index is 0.523. The molecule has 0 radical (unpaired) electrons. The van der Waals surface area contributed by atoms with Gasteiger partial charge in [-0.25, -0.2) is 0 Å². The Bertz CT molecular complexity index is 128. The van der Waals surface area contributed by atoms with E-state index < -0.39 is 0 Å². The van der Waals surface area contributed by atoms with Gasteiger partial charge in [-0.05, 0) is 25.2 Å². The molecule has 0 aromatic heterocycles. The maximum absolute atomic E-state index is 10.8. The van der Waals surface area contributed by atoms with Crippen molar-refractivity contribution in [2.75, 3.05) is 0 Å². The summed E-state index contributed by atoms with van der Waals surface area (Å²) in [5.74, 6) is 1.89. The van der Waals surface area contributed by atoms with Crippen molar-refractivity contribution in [3.8, 4) is 0 Å². The first kappa shape index (κ1) is 4.54. The topological polar surface area (TPSA) is 17.1 Å². The average molecular weight is 110 g/mol. The first-order valence-corrected chi connectivity index (χ1v) is 3.40. The SMILES string of the molecule is O=C1CC[C@H]2CC[C@@H]12. The van der Waals surface area contributed by atoms with Crippen LogP contribution in [0.25, 0.3) is 0 Å². The monoisotopic (exact) mass is 110 g/mol. The third-order valence-electron chi connectivity index (χ3n) is 2.59. The highest BCUT2D eigenvalue weighted by Crippen LogP contribution is 2.44. The van der Waals surface area contributed by atoms with Crippen LogP contribution in [0.3, 0.4) is 0 Å². The van der Waals surface area contributed by atoms with Crippen LogP contribution in [0.2, 0.25) is 0 Å². The van der Waals surface area contributed by atoms with E-state index in [1.807, 2.05) is 0 Å². The molecule has 2 atom stereocenters. The Hall–Kier alpha value is -0.330. The molecule has 44 valence electrons. The number of ketones is 1. The molecule has 0 aliphatic heterocycles. The molecule has 2 aliphatic carbocycles. The van der Waals surface area contributed by atoms with E-state index in [2.05, 4.69) is 0 Å². The summed E-state index contributed by atoms with van der Waals surface area (Å²) in [6.07, 6.45) is 4.61. The quantitative estimate of drug-likeness (QED) is 0.460. The van der Waals surface area contributed by atoms with E-state index in [1.165, 1.54) is 19.3 Å². The molecule has 0 aromatic rings. The summed E-state index contributed by atoms with van der Waals surface area (Å²) in [4.78, 5) is 10.8. The minimum Gasteiger partial charge on any atom is -0.299 e. The Kier molecular flexibility index (Phi) is 0.758. The standard InChI is InChI=1S/C7H10O/c8-7-4-2-5-1-3-6(5)7/h5-6H,1-4H2/t5-,6-/m1/s1. The number of hydrogen-bond acceptors (Lipinski definition) is 1. The second-order valence-corrected chi connectivity index (χ2v) is 2.95. The second kappa shape index (κ2) is 1.34. The molecule has 0 bridgehead atoms. The Labute approximate surface area is 49.1 Å². The van der Waals surface area contributed by atoms with Crippen molar-refractivity contribution in [1.29, 1.82) is 0 Å². The van der Waals surface area contributed by atoms with Crippen molar-refractivity contribution in [3.63, 3.8) is 0 Å². The molecule has 0 unspecified atom stereocenters. The van der Waals surface area contributed by atoms with Gasteiger partial charge in [0, 0.05) is 12.3 Å². The van der Waals surface area contributed by atoms with Gasteiger partial charge in [-0.15, -0.1) is 0 Å². The van der Waals surface area contributed by atoms with Crippen molar-refractivity contribution in [2.24, 2.45) is 11.8 Å². The second-order valence-electron chi connectivity index (χ2n) is 2.95. The molecule has 8 heavy (non-hydrogen) atoms. The lowest BCUT2D eigenvalue weighted by Gasteiger charge is -2.27. The summed E-state index contributed by atoms with van der Waals surface area (Å²) in [6.45, 7) is 0. The van der Waals surface area contributed by atoms with Gasteiger partial charge in [0.2, 0.25) is 0 Å². The molecule has 2 rings (SSSR count). The van der Waals surface area contributed by atoms with Gasteiger partial charge in [-0.1, -0.05) is 0 Å². The average Bonchev–Trinajstić information content (AvgIpc) is 1.80. The van der Waals surface area contributed by atoms with Crippen LogP contribution in [-0.2, 0) is 4.79 Å². The van der Waals surface area contributed by atoms with Gasteiger partial charge in [0.15, 0.2) is 0 Å². The van der Waals surface area contributed by atoms with Gasteiger partial charge in [0.05, 0.1) is 0 Å². The highest BCUT2D eigenvalue weighted by molar-refractivity contribution is 5.84. The Morgan fingerprint density at radius 2 is 2.12 bits per heavy atom. The highest BCUT2D eigenvalue weighted by atomic mass is 16.1. The first-order valence-electron chi connectivity index (χ1n) is 3.40. The van der Waals surface area contributed by atoms with Crippen molar-refractivity contribution < 1.29 is 4.79 Å². The number of Topliss-reactive ketones (excluding diaryl/α,β-unsaturated/α-hetero) is 1. The summed E-state index contributed by atoms with van der Waals surface area (Å²) in [5, 5.41) is 0. The van der Waals surface area contributed by atoms with Crippen molar-refractivity contribution in [1.82, 2.24) is 0 Å². The predicted molar refractivity (Wildman–Crippen MR) is 30.5 cm³/mol.